The summed E-state index contributed by atoms with van der Waals surface area (Å²) in [5.74, 6) is -0.511. The summed E-state index contributed by atoms with van der Waals surface area (Å²) in [6.07, 6.45) is -7.43. The summed E-state index contributed by atoms with van der Waals surface area (Å²) in [6, 6.07) is 17.4. The SMILES string of the molecule is CCCOC(=O)N[C@@](Cc1ccccc1)(c1cccc(OC(F)(F)C(F)F)c1)c1ccc(Cl)cn1. The fourth-order valence-corrected chi connectivity index (χ4v) is 3.59. The molecule has 10 heteroatoms. The Labute approximate surface area is 205 Å². The Balaban J connectivity index is 2.17. The number of nitrogens with zero attached hydrogens (tertiary/aromatic N) is 1. The lowest BCUT2D eigenvalue weighted by molar-refractivity contribution is -0.253. The molecule has 0 aliphatic rings. The van der Waals surface area contributed by atoms with Gasteiger partial charge in [-0.2, -0.15) is 17.6 Å². The largest absolute Gasteiger partial charge is 0.461 e. The molecule has 0 spiro atoms. The van der Waals surface area contributed by atoms with Crippen LogP contribution in [0.4, 0.5) is 22.4 Å². The molecule has 1 aromatic heterocycles. The molecule has 3 aromatic rings. The summed E-state index contributed by atoms with van der Waals surface area (Å²) < 4.78 is 62.3. The number of alkyl halides is 4. The Morgan fingerprint density at radius 1 is 1.09 bits per heavy atom. The lowest BCUT2D eigenvalue weighted by Gasteiger charge is -2.35. The molecule has 0 fully saturated rings. The molecule has 2 aromatic carbocycles. The summed E-state index contributed by atoms with van der Waals surface area (Å²) >= 11 is 6.02. The van der Waals surface area contributed by atoms with Crippen molar-refractivity contribution >= 4 is 17.7 Å². The van der Waals surface area contributed by atoms with Gasteiger partial charge < -0.3 is 14.8 Å². The van der Waals surface area contributed by atoms with Crippen LogP contribution in [0.25, 0.3) is 0 Å². The van der Waals surface area contributed by atoms with E-state index in [-0.39, 0.29) is 18.6 Å². The average molecular weight is 511 g/mol. The van der Waals surface area contributed by atoms with Gasteiger partial charge in [0.15, 0.2) is 0 Å². The molecule has 0 aliphatic carbocycles. The number of hydrogen-bond donors (Lipinski definition) is 1. The molecule has 5 nitrogen and oxygen atoms in total. The summed E-state index contributed by atoms with van der Waals surface area (Å²) in [5.41, 5.74) is -0.107. The van der Waals surface area contributed by atoms with Crippen LogP contribution in [0.5, 0.6) is 5.75 Å². The number of amides is 1. The number of benzene rings is 2. The van der Waals surface area contributed by atoms with Crippen molar-refractivity contribution in [2.75, 3.05) is 6.61 Å². The average Bonchev–Trinajstić information content (AvgIpc) is 2.83. The minimum Gasteiger partial charge on any atom is -0.450 e. The molecule has 0 aliphatic heterocycles. The van der Waals surface area contributed by atoms with Crippen molar-refractivity contribution < 1.29 is 31.8 Å². The molecular formula is C25H23ClF4N2O3. The molecule has 1 amide bonds. The van der Waals surface area contributed by atoms with E-state index in [9.17, 15) is 22.4 Å². The molecule has 3 rings (SSSR count). The molecule has 0 radical (unpaired) electrons. The van der Waals surface area contributed by atoms with Gasteiger partial charge in [-0.25, -0.2) is 4.79 Å². The van der Waals surface area contributed by atoms with Crippen molar-refractivity contribution in [1.29, 1.82) is 0 Å². The van der Waals surface area contributed by atoms with Crippen LogP contribution in [0.1, 0.15) is 30.2 Å². The highest BCUT2D eigenvalue weighted by Crippen LogP contribution is 2.36. The highest BCUT2D eigenvalue weighted by Gasteiger charge is 2.44. The normalized spacial score (nSPS) is 13.2. The van der Waals surface area contributed by atoms with Gasteiger partial charge in [-0.3, -0.25) is 4.98 Å². The standard InChI is InChI=1S/C25H23ClF4N2O3/c1-2-13-34-23(33)32-24(15-17-7-4-3-5-8-17,21-12-11-19(26)16-31-21)18-9-6-10-20(14-18)35-25(29,30)22(27)28/h3-12,14,16,22H,2,13,15H2,1H3,(H,32,33)/t24-/m0/s1. The number of halogens is 5. The van der Waals surface area contributed by atoms with Crippen molar-refractivity contribution in [3.05, 3.63) is 94.8 Å². The summed E-state index contributed by atoms with van der Waals surface area (Å²) in [7, 11) is 0. The second-order valence-electron chi connectivity index (χ2n) is 7.68. The van der Waals surface area contributed by atoms with E-state index in [0.29, 0.717) is 17.1 Å². The van der Waals surface area contributed by atoms with E-state index >= 15 is 0 Å². The highest BCUT2D eigenvalue weighted by atomic mass is 35.5. The molecule has 1 atom stereocenters. The van der Waals surface area contributed by atoms with Crippen LogP contribution in [-0.2, 0) is 16.7 Å². The van der Waals surface area contributed by atoms with E-state index in [2.05, 4.69) is 15.0 Å². The van der Waals surface area contributed by atoms with Gasteiger partial charge in [0, 0.05) is 12.6 Å². The smallest absolute Gasteiger partial charge is 0.450 e. The number of hydrogen-bond acceptors (Lipinski definition) is 4. The van der Waals surface area contributed by atoms with Crippen LogP contribution in [0.2, 0.25) is 5.02 Å². The number of rotatable bonds is 10. The summed E-state index contributed by atoms with van der Waals surface area (Å²) in [6.45, 7) is 1.97. The van der Waals surface area contributed by atoms with Crippen LogP contribution in [0.15, 0.2) is 72.9 Å². The van der Waals surface area contributed by atoms with Gasteiger partial charge >= 0.3 is 18.6 Å². The number of alkyl carbamates (subject to hydrolysis) is 1. The lowest BCUT2D eigenvalue weighted by atomic mass is 9.80. The molecule has 0 saturated carbocycles. The number of nitrogens with one attached hydrogen (secondary N) is 1. The fourth-order valence-electron chi connectivity index (χ4n) is 3.48. The van der Waals surface area contributed by atoms with Gasteiger partial charge in [0.25, 0.3) is 0 Å². The van der Waals surface area contributed by atoms with Gasteiger partial charge in [-0.1, -0.05) is 61.0 Å². The van der Waals surface area contributed by atoms with Gasteiger partial charge in [-0.15, -0.1) is 0 Å². The number of ether oxygens (including phenoxy) is 2. The molecule has 1 N–H and O–H groups in total. The van der Waals surface area contributed by atoms with Gasteiger partial charge in [0.1, 0.15) is 11.3 Å². The monoisotopic (exact) mass is 510 g/mol. The topological polar surface area (TPSA) is 60.5 Å². The minimum atomic E-state index is -4.70. The third kappa shape index (κ3) is 6.63. The van der Waals surface area contributed by atoms with Crippen LogP contribution in [-0.4, -0.2) is 30.2 Å². The lowest BCUT2D eigenvalue weighted by Crippen LogP contribution is -2.49. The second-order valence-corrected chi connectivity index (χ2v) is 8.12. The molecule has 0 saturated heterocycles. The molecule has 186 valence electrons. The van der Waals surface area contributed by atoms with Crippen molar-refractivity contribution in [2.45, 2.75) is 37.8 Å². The predicted molar refractivity (Wildman–Crippen MR) is 123 cm³/mol. The Hall–Kier alpha value is -3.33. The van der Waals surface area contributed by atoms with Crippen LogP contribution >= 0.6 is 11.6 Å². The molecule has 35 heavy (non-hydrogen) atoms. The van der Waals surface area contributed by atoms with Gasteiger partial charge in [-0.05, 0) is 41.8 Å². The van der Waals surface area contributed by atoms with E-state index in [4.69, 9.17) is 16.3 Å². The van der Waals surface area contributed by atoms with Crippen molar-refractivity contribution in [1.82, 2.24) is 10.3 Å². The van der Waals surface area contributed by atoms with Crippen LogP contribution in [0.3, 0.4) is 0 Å². The van der Waals surface area contributed by atoms with Crippen LogP contribution in [0, 0.1) is 0 Å². The Morgan fingerprint density at radius 3 is 2.46 bits per heavy atom. The predicted octanol–water partition coefficient (Wildman–Crippen LogP) is 6.59. The second kappa shape index (κ2) is 11.4. The van der Waals surface area contributed by atoms with E-state index in [1.54, 1.807) is 30.3 Å². The van der Waals surface area contributed by atoms with E-state index < -0.39 is 29.9 Å². The molecular weight excluding hydrogens is 488 g/mol. The minimum absolute atomic E-state index is 0.123. The van der Waals surface area contributed by atoms with Crippen molar-refractivity contribution in [2.24, 2.45) is 0 Å². The quantitative estimate of drug-likeness (QED) is 0.312. The first kappa shape index (κ1) is 26.3. The first-order chi connectivity index (χ1) is 16.7. The summed E-state index contributed by atoms with van der Waals surface area (Å²) in [5, 5.41) is 3.16. The first-order valence-electron chi connectivity index (χ1n) is 10.7. The van der Waals surface area contributed by atoms with Gasteiger partial charge in [0.2, 0.25) is 0 Å². The first-order valence-corrected chi connectivity index (χ1v) is 11.1. The molecule has 0 unspecified atom stereocenters. The molecule has 1 heterocycles. The maximum Gasteiger partial charge on any atom is 0.461 e. The van der Waals surface area contributed by atoms with E-state index in [1.165, 1.54) is 12.3 Å². The third-order valence-electron chi connectivity index (χ3n) is 5.06. The zero-order chi connectivity index (χ0) is 25.5. The number of carbonyl (C=O) groups excluding carboxylic acids is 1. The molecule has 0 bridgehead atoms. The third-order valence-corrected chi connectivity index (χ3v) is 5.29. The number of aromatic nitrogens is 1. The fraction of sp³-hybridized carbons (Fsp3) is 0.280. The van der Waals surface area contributed by atoms with Crippen molar-refractivity contribution in [3.8, 4) is 5.75 Å². The zero-order valence-corrected chi connectivity index (χ0v) is 19.4. The Morgan fingerprint density at radius 2 is 1.83 bits per heavy atom. The maximum absolute atomic E-state index is 13.6. The number of pyridine rings is 1. The van der Waals surface area contributed by atoms with Gasteiger partial charge in [0.05, 0.1) is 17.3 Å². The number of carbonyl (C=O) groups is 1. The Bertz CT molecular complexity index is 1120. The van der Waals surface area contributed by atoms with E-state index in [0.717, 1.165) is 17.7 Å². The summed E-state index contributed by atoms with van der Waals surface area (Å²) in [4.78, 5) is 17.2. The Kier molecular flexibility index (Phi) is 8.56. The highest BCUT2D eigenvalue weighted by molar-refractivity contribution is 6.30. The van der Waals surface area contributed by atoms with E-state index in [1.807, 2.05) is 25.1 Å². The maximum atomic E-state index is 13.6. The van der Waals surface area contributed by atoms with Crippen LogP contribution < -0.4 is 10.1 Å². The zero-order valence-electron chi connectivity index (χ0n) is 18.7. The van der Waals surface area contributed by atoms with Crippen molar-refractivity contribution in [3.63, 3.8) is 0 Å².